The van der Waals surface area contributed by atoms with Gasteiger partial charge in [0.1, 0.15) is 12.1 Å². The monoisotopic (exact) mass is 416 g/mol. The summed E-state index contributed by atoms with van der Waals surface area (Å²) < 4.78 is 25.2. The molecule has 0 saturated heterocycles. The van der Waals surface area contributed by atoms with Gasteiger partial charge in [-0.15, -0.1) is 0 Å². The van der Waals surface area contributed by atoms with E-state index in [2.05, 4.69) is 0 Å². The highest BCUT2D eigenvalue weighted by Crippen LogP contribution is 2.29. The molecule has 0 aliphatic carbocycles. The van der Waals surface area contributed by atoms with Crippen molar-refractivity contribution < 1.29 is 18.3 Å². The molecule has 0 heterocycles. The molecule has 0 amide bonds. The highest BCUT2D eigenvalue weighted by atomic mass is 32.2. The molecule has 0 unspecified atom stereocenters. The smallest absolute Gasteiger partial charge is 0.271 e. The second kappa shape index (κ2) is 7.79. The predicted molar refractivity (Wildman–Crippen MR) is 101 cm³/mol. The van der Waals surface area contributed by atoms with Crippen LogP contribution in [0.4, 0.5) is 22.7 Å². The van der Waals surface area contributed by atoms with Gasteiger partial charge < -0.3 is 11.5 Å². The van der Waals surface area contributed by atoms with Crippen molar-refractivity contribution in [2.24, 2.45) is 0 Å². The lowest BCUT2D eigenvalue weighted by Gasteiger charge is -2.11. The molecular weight excluding hydrogens is 404 g/mol. The average Bonchev–Trinajstić information content (AvgIpc) is 2.64. The van der Waals surface area contributed by atoms with Crippen LogP contribution in [0, 0.1) is 42.9 Å². The third-order valence-corrected chi connectivity index (χ3v) is 5.42. The van der Waals surface area contributed by atoms with Crippen LogP contribution >= 0.6 is 0 Å². The molecule has 148 valence electrons. The first-order valence-electron chi connectivity index (χ1n) is 7.63. The number of nitriles is 2. The van der Waals surface area contributed by atoms with Crippen molar-refractivity contribution in [3.8, 4) is 12.1 Å². The van der Waals surface area contributed by atoms with Crippen LogP contribution in [0.3, 0.4) is 0 Å². The molecule has 0 fully saturated rings. The summed E-state index contributed by atoms with van der Waals surface area (Å²) in [6.45, 7) is 0. The number of anilines is 2. The molecule has 0 saturated carbocycles. The third-order valence-electron chi connectivity index (χ3n) is 3.91. The molecule has 12 nitrogen and oxygen atoms in total. The van der Waals surface area contributed by atoms with Gasteiger partial charge in [-0.1, -0.05) is 0 Å². The summed E-state index contributed by atoms with van der Waals surface area (Å²) in [5.74, 6) is -1.56. The first kappa shape index (κ1) is 21.1. The van der Waals surface area contributed by atoms with Gasteiger partial charge in [0.05, 0.1) is 43.9 Å². The number of hydrogen-bond donors (Lipinski definition) is 2. The Balaban J connectivity index is 2.50. The van der Waals surface area contributed by atoms with Crippen molar-refractivity contribution in [2.45, 2.75) is 11.5 Å². The zero-order valence-corrected chi connectivity index (χ0v) is 15.3. The summed E-state index contributed by atoms with van der Waals surface area (Å²) in [4.78, 5) is 20.4. The van der Waals surface area contributed by atoms with Crippen molar-refractivity contribution in [2.75, 3.05) is 11.5 Å². The summed E-state index contributed by atoms with van der Waals surface area (Å²) in [7, 11) is -4.09. The van der Waals surface area contributed by atoms with Crippen molar-refractivity contribution >= 4 is 32.6 Å². The van der Waals surface area contributed by atoms with E-state index in [0.29, 0.717) is 0 Å². The van der Waals surface area contributed by atoms with Crippen molar-refractivity contribution in [1.82, 2.24) is 0 Å². The Morgan fingerprint density at radius 2 is 1.17 bits per heavy atom. The quantitative estimate of drug-likeness (QED) is 0.392. The lowest BCUT2D eigenvalue weighted by Crippen LogP contribution is -2.12. The number of hydrogen-bond acceptors (Lipinski definition) is 10. The maximum absolute atomic E-state index is 12.6. The van der Waals surface area contributed by atoms with Crippen LogP contribution in [0.15, 0.2) is 24.3 Å². The van der Waals surface area contributed by atoms with E-state index < -0.39 is 42.6 Å². The number of nitrogen functional groups attached to an aromatic ring is 2. The maximum atomic E-state index is 12.6. The normalized spacial score (nSPS) is 10.7. The van der Waals surface area contributed by atoms with Crippen LogP contribution in [0.5, 0.6) is 0 Å². The highest BCUT2D eigenvalue weighted by molar-refractivity contribution is 7.89. The zero-order valence-electron chi connectivity index (χ0n) is 14.5. The zero-order chi connectivity index (χ0) is 21.9. The topological polar surface area (TPSA) is 220 Å². The van der Waals surface area contributed by atoms with Gasteiger partial charge in [0.2, 0.25) is 0 Å². The fraction of sp³-hybridized carbons (Fsp3) is 0.125. The van der Waals surface area contributed by atoms with Gasteiger partial charge in [0, 0.05) is 24.3 Å². The molecule has 2 aromatic carbocycles. The number of nitrogens with zero attached hydrogens (tertiary/aromatic N) is 4. The van der Waals surface area contributed by atoms with E-state index in [1.807, 2.05) is 0 Å². The van der Waals surface area contributed by atoms with E-state index in [1.54, 1.807) is 12.1 Å². The molecule has 0 bridgehead atoms. The van der Waals surface area contributed by atoms with Crippen LogP contribution in [0.25, 0.3) is 0 Å². The van der Waals surface area contributed by atoms with Crippen LogP contribution in [0.1, 0.15) is 22.3 Å². The first-order chi connectivity index (χ1) is 13.5. The molecular formula is C16H12N6O6S. The molecule has 0 aliphatic rings. The molecule has 13 heteroatoms. The number of nitro benzene ring substituents is 2. The Hall–Kier alpha value is -4.23. The Morgan fingerprint density at radius 1 is 0.828 bits per heavy atom. The van der Waals surface area contributed by atoms with Crippen molar-refractivity contribution in [1.29, 1.82) is 10.5 Å². The number of rotatable bonds is 6. The van der Waals surface area contributed by atoms with Crippen LogP contribution < -0.4 is 11.5 Å². The summed E-state index contributed by atoms with van der Waals surface area (Å²) in [5.41, 5.74) is 9.14. The first-order valence-corrected chi connectivity index (χ1v) is 9.45. The van der Waals surface area contributed by atoms with Crippen LogP contribution in [-0.4, -0.2) is 18.3 Å². The van der Waals surface area contributed by atoms with E-state index >= 15 is 0 Å². The fourth-order valence-electron chi connectivity index (χ4n) is 2.55. The molecule has 0 aliphatic heterocycles. The molecule has 0 aromatic heterocycles. The standard InChI is InChI=1S/C16H12N6O6S/c17-5-9-1-13(21(23)24)3-11(15(9)19)7-29(27,28)8-12-4-14(22(25)26)2-10(6-18)16(12)20/h1-4H,7-8,19-20H2. The number of non-ortho nitro benzene ring substituents is 2. The molecule has 0 atom stereocenters. The predicted octanol–water partition coefficient (Wildman–Crippen LogP) is 1.53. The molecule has 2 aromatic rings. The average molecular weight is 416 g/mol. The SMILES string of the molecule is N#Cc1cc([N+](=O)[O-])cc(CS(=O)(=O)Cc2cc([N+](=O)[O-])cc(C#N)c2N)c1N. The van der Waals surface area contributed by atoms with Gasteiger partial charge in [-0.3, -0.25) is 20.2 Å². The van der Waals surface area contributed by atoms with Gasteiger partial charge in [0.25, 0.3) is 11.4 Å². The molecule has 2 rings (SSSR count). The number of nitrogens with two attached hydrogens (primary N) is 2. The second-order valence-corrected chi connectivity index (χ2v) is 7.97. The Bertz CT molecular complexity index is 1140. The van der Waals surface area contributed by atoms with Crippen LogP contribution in [-0.2, 0) is 21.3 Å². The molecule has 4 N–H and O–H groups in total. The van der Waals surface area contributed by atoms with Gasteiger partial charge in [-0.25, -0.2) is 8.42 Å². The fourth-order valence-corrected chi connectivity index (χ4v) is 4.08. The van der Waals surface area contributed by atoms with Gasteiger partial charge >= 0.3 is 0 Å². The van der Waals surface area contributed by atoms with E-state index in [9.17, 15) is 28.6 Å². The van der Waals surface area contributed by atoms with Gasteiger partial charge in [-0.2, -0.15) is 10.5 Å². The number of nitro groups is 2. The third kappa shape index (κ3) is 4.55. The van der Waals surface area contributed by atoms with Gasteiger partial charge in [0.15, 0.2) is 9.84 Å². The minimum Gasteiger partial charge on any atom is -0.397 e. The van der Waals surface area contributed by atoms with E-state index in [1.165, 1.54) is 0 Å². The van der Waals surface area contributed by atoms with E-state index in [4.69, 9.17) is 22.0 Å². The second-order valence-electron chi connectivity index (χ2n) is 5.90. The highest BCUT2D eigenvalue weighted by Gasteiger charge is 2.23. The lowest BCUT2D eigenvalue weighted by molar-refractivity contribution is -0.385. The molecule has 0 spiro atoms. The van der Waals surface area contributed by atoms with E-state index in [0.717, 1.165) is 24.3 Å². The molecule has 29 heavy (non-hydrogen) atoms. The lowest BCUT2D eigenvalue weighted by atomic mass is 10.1. The minimum absolute atomic E-state index is 0.166. The minimum atomic E-state index is -4.09. The van der Waals surface area contributed by atoms with E-state index in [-0.39, 0.29) is 33.6 Å². The van der Waals surface area contributed by atoms with Crippen molar-refractivity contribution in [3.63, 3.8) is 0 Å². The maximum Gasteiger partial charge on any atom is 0.271 e. The van der Waals surface area contributed by atoms with Gasteiger partial charge in [-0.05, 0) is 11.1 Å². The largest absolute Gasteiger partial charge is 0.397 e. The molecule has 0 radical (unpaired) electrons. The summed E-state index contributed by atoms with van der Waals surface area (Å²) in [6, 6.07) is 7.02. The number of benzene rings is 2. The van der Waals surface area contributed by atoms with Crippen molar-refractivity contribution in [3.05, 3.63) is 66.7 Å². The summed E-state index contributed by atoms with van der Waals surface area (Å²) in [5, 5.41) is 40.1. The summed E-state index contributed by atoms with van der Waals surface area (Å²) >= 11 is 0. The Morgan fingerprint density at radius 3 is 1.45 bits per heavy atom. The summed E-state index contributed by atoms with van der Waals surface area (Å²) in [6.07, 6.45) is 0. The Labute approximate surface area is 163 Å². The van der Waals surface area contributed by atoms with Crippen LogP contribution in [0.2, 0.25) is 0 Å². The number of sulfone groups is 1. The Kier molecular flexibility index (Phi) is 5.66.